The molecule has 3 fully saturated rings. The average Bonchev–Trinajstić information content (AvgIpc) is 3.58. The van der Waals surface area contributed by atoms with E-state index in [0.29, 0.717) is 18.4 Å². The minimum Gasteiger partial charge on any atom is -0.456 e. The molecule has 9 rings (SSSR count). The summed E-state index contributed by atoms with van der Waals surface area (Å²) in [6, 6.07) is 17.7. The molecule has 2 aromatic carbocycles. The molecule has 1 saturated carbocycles. The minimum absolute atomic E-state index is 0.0112. The van der Waals surface area contributed by atoms with Gasteiger partial charge in [0.05, 0.1) is 18.6 Å². The van der Waals surface area contributed by atoms with Gasteiger partial charge >= 0.3 is 5.97 Å². The van der Waals surface area contributed by atoms with Gasteiger partial charge in [-0.05, 0) is 46.9 Å². The predicted molar refractivity (Wildman–Crippen MR) is 117 cm³/mol. The van der Waals surface area contributed by atoms with Crippen LogP contribution in [0, 0.1) is 29.6 Å². The highest BCUT2D eigenvalue weighted by Crippen LogP contribution is 2.63. The first-order valence-corrected chi connectivity index (χ1v) is 12.1. The third-order valence-corrected chi connectivity index (χ3v) is 9.19. The first-order chi connectivity index (χ1) is 15.8. The van der Waals surface area contributed by atoms with Gasteiger partial charge in [-0.15, -0.1) is 0 Å². The molecule has 2 heterocycles. The Morgan fingerprint density at radius 2 is 1.50 bits per heavy atom. The number of rotatable bonds is 2. The summed E-state index contributed by atoms with van der Waals surface area (Å²) < 4.78 is 18.9. The van der Waals surface area contributed by atoms with Gasteiger partial charge in [0, 0.05) is 23.7 Å². The van der Waals surface area contributed by atoms with Gasteiger partial charge in [-0.25, -0.2) is 0 Å². The van der Waals surface area contributed by atoms with Crippen LogP contribution in [0.4, 0.5) is 0 Å². The molecule has 0 unspecified atom stereocenters. The second-order valence-electron chi connectivity index (χ2n) is 10.5. The molecular weight excluding hydrogens is 400 g/mol. The van der Waals surface area contributed by atoms with Crippen molar-refractivity contribution in [2.24, 2.45) is 29.6 Å². The summed E-state index contributed by atoms with van der Waals surface area (Å²) in [6.45, 7) is 0.588. The zero-order chi connectivity index (χ0) is 21.0. The van der Waals surface area contributed by atoms with Gasteiger partial charge in [0.15, 0.2) is 12.4 Å². The number of esters is 1. The van der Waals surface area contributed by atoms with Crippen molar-refractivity contribution in [1.82, 2.24) is 0 Å². The summed E-state index contributed by atoms with van der Waals surface area (Å²) >= 11 is 0. The van der Waals surface area contributed by atoms with Gasteiger partial charge in [-0.2, -0.15) is 0 Å². The van der Waals surface area contributed by atoms with Gasteiger partial charge < -0.3 is 14.2 Å². The smallest absolute Gasteiger partial charge is 0.310 e. The Balaban J connectivity index is 1.23. The molecule has 6 bridgehead atoms. The van der Waals surface area contributed by atoms with E-state index in [-0.39, 0.29) is 47.8 Å². The van der Waals surface area contributed by atoms with Crippen LogP contribution in [0.5, 0.6) is 0 Å². The predicted octanol–water partition coefficient (Wildman–Crippen LogP) is 4.39. The van der Waals surface area contributed by atoms with Crippen LogP contribution in [-0.4, -0.2) is 31.1 Å². The molecule has 0 aromatic heterocycles. The van der Waals surface area contributed by atoms with Crippen LogP contribution in [0.1, 0.15) is 46.9 Å². The average molecular weight is 427 g/mol. The number of benzene rings is 2. The van der Waals surface area contributed by atoms with Crippen molar-refractivity contribution in [2.45, 2.75) is 43.2 Å². The first kappa shape index (κ1) is 18.0. The fourth-order valence-corrected chi connectivity index (χ4v) is 8.04. The lowest BCUT2D eigenvalue weighted by molar-refractivity contribution is -0.223. The molecule has 0 spiro atoms. The van der Waals surface area contributed by atoms with Crippen molar-refractivity contribution >= 4 is 5.97 Å². The second-order valence-corrected chi connectivity index (χ2v) is 10.5. The van der Waals surface area contributed by atoms with Crippen LogP contribution >= 0.6 is 0 Å². The number of carbonyl (C=O) groups is 1. The quantitative estimate of drug-likeness (QED) is 0.528. The molecule has 0 N–H and O–H groups in total. The third kappa shape index (κ3) is 2.22. The fraction of sp³-hybridized carbons (Fsp3) is 0.464. The van der Waals surface area contributed by atoms with Crippen molar-refractivity contribution in [3.8, 4) is 0 Å². The van der Waals surface area contributed by atoms with Gasteiger partial charge in [-0.1, -0.05) is 60.7 Å². The maximum absolute atomic E-state index is 13.4. The van der Waals surface area contributed by atoms with E-state index in [1.807, 2.05) is 0 Å². The fourth-order valence-electron chi connectivity index (χ4n) is 8.04. The van der Waals surface area contributed by atoms with E-state index in [0.717, 1.165) is 12.8 Å². The summed E-state index contributed by atoms with van der Waals surface area (Å²) in [4.78, 5) is 13.4. The first-order valence-electron chi connectivity index (χ1n) is 12.1. The molecule has 4 nitrogen and oxygen atoms in total. The monoisotopic (exact) mass is 426 g/mol. The van der Waals surface area contributed by atoms with Gasteiger partial charge in [-0.3, -0.25) is 4.79 Å². The summed E-state index contributed by atoms with van der Waals surface area (Å²) in [6.07, 6.45) is 5.76. The van der Waals surface area contributed by atoms with Crippen molar-refractivity contribution in [1.29, 1.82) is 0 Å². The molecule has 8 atom stereocenters. The SMILES string of the molecule is O=C(O[C@H]1[C@@H]2OC[C@@H](O2)[C@H]2C3c4ccccc4C(c4ccccc43)[C@@H]12)[C@@H]1C[C@H]2C=C[C@@H]1C2. The summed E-state index contributed by atoms with van der Waals surface area (Å²) in [7, 11) is 0. The maximum atomic E-state index is 13.4. The number of fused-ring (bicyclic) bond motifs is 4. The van der Waals surface area contributed by atoms with Crippen LogP contribution in [-0.2, 0) is 19.0 Å². The molecule has 2 aliphatic heterocycles. The molecule has 7 aliphatic rings. The molecule has 162 valence electrons. The normalized spacial score (nSPS) is 43.6. The van der Waals surface area contributed by atoms with E-state index in [1.54, 1.807) is 0 Å². The van der Waals surface area contributed by atoms with Crippen molar-refractivity contribution in [2.75, 3.05) is 6.61 Å². The summed E-state index contributed by atoms with van der Waals surface area (Å²) in [5, 5.41) is 0. The van der Waals surface area contributed by atoms with E-state index >= 15 is 0 Å². The molecule has 2 saturated heterocycles. The Bertz CT molecular complexity index is 1110. The van der Waals surface area contributed by atoms with Crippen LogP contribution in [0.2, 0.25) is 0 Å². The Kier molecular flexibility index (Phi) is 3.57. The van der Waals surface area contributed by atoms with Gasteiger partial charge in [0.2, 0.25) is 0 Å². The second kappa shape index (κ2) is 6.33. The molecule has 4 heteroatoms. The number of carbonyl (C=O) groups excluding carboxylic acids is 1. The van der Waals surface area contributed by atoms with Crippen LogP contribution in [0.25, 0.3) is 0 Å². The third-order valence-electron chi connectivity index (χ3n) is 9.19. The number of hydrogen-bond donors (Lipinski definition) is 0. The van der Waals surface area contributed by atoms with Crippen molar-refractivity contribution < 1.29 is 19.0 Å². The number of allylic oxidation sites excluding steroid dienone is 2. The number of hydrogen-bond acceptors (Lipinski definition) is 4. The molecular formula is C28H26O4. The minimum atomic E-state index is -0.446. The standard InChI is InChI=1S/C28H26O4/c29-27(20-12-14-9-10-15(20)11-14)32-26-25-23-18-7-3-1-5-16(18)22(17-6-2-4-8-19(17)23)24(25)21-13-30-28(26)31-21/h1-10,14-15,20-26,28H,11-13H2/t14-,15+,20+,21+,22?,23?,24-,25+,26+,28+/m0/s1. The number of ether oxygens (including phenoxy) is 3. The Hall–Kier alpha value is -2.43. The van der Waals surface area contributed by atoms with E-state index < -0.39 is 6.29 Å². The lowest BCUT2D eigenvalue weighted by Gasteiger charge is -2.55. The Morgan fingerprint density at radius 3 is 2.09 bits per heavy atom. The maximum Gasteiger partial charge on any atom is 0.310 e. The van der Waals surface area contributed by atoms with Crippen LogP contribution in [0.3, 0.4) is 0 Å². The highest BCUT2D eigenvalue weighted by Gasteiger charge is 2.63. The Morgan fingerprint density at radius 1 is 0.844 bits per heavy atom. The zero-order valence-corrected chi connectivity index (χ0v) is 17.8. The van der Waals surface area contributed by atoms with Crippen LogP contribution < -0.4 is 0 Å². The summed E-state index contributed by atoms with van der Waals surface area (Å²) in [5.41, 5.74) is 5.61. The largest absolute Gasteiger partial charge is 0.456 e. The van der Waals surface area contributed by atoms with E-state index in [9.17, 15) is 4.79 Å². The Labute approximate surface area is 187 Å². The van der Waals surface area contributed by atoms with Crippen molar-refractivity contribution in [3.63, 3.8) is 0 Å². The topological polar surface area (TPSA) is 44.8 Å². The molecule has 0 radical (unpaired) electrons. The van der Waals surface area contributed by atoms with Crippen LogP contribution in [0.15, 0.2) is 60.7 Å². The van der Waals surface area contributed by atoms with Gasteiger partial charge in [0.25, 0.3) is 0 Å². The highest BCUT2D eigenvalue weighted by atomic mass is 16.7. The summed E-state index contributed by atoms with van der Waals surface area (Å²) in [5.74, 6) is 1.76. The van der Waals surface area contributed by atoms with E-state index in [4.69, 9.17) is 14.2 Å². The highest BCUT2D eigenvalue weighted by molar-refractivity contribution is 5.74. The van der Waals surface area contributed by atoms with Gasteiger partial charge in [0.1, 0.15) is 0 Å². The molecule has 5 aliphatic carbocycles. The van der Waals surface area contributed by atoms with Crippen molar-refractivity contribution in [3.05, 3.63) is 82.9 Å². The molecule has 0 amide bonds. The lowest BCUT2D eigenvalue weighted by atomic mass is 9.51. The zero-order valence-electron chi connectivity index (χ0n) is 17.8. The molecule has 2 aromatic rings. The van der Waals surface area contributed by atoms with E-state index in [2.05, 4.69) is 60.7 Å². The van der Waals surface area contributed by atoms with E-state index in [1.165, 1.54) is 22.3 Å². The molecule has 32 heavy (non-hydrogen) atoms. The lowest BCUT2D eigenvalue weighted by Crippen LogP contribution is -2.57.